The van der Waals surface area contributed by atoms with Gasteiger partial charge in [0.2, 0.25) is 5.78 Å². The first-order valence-electron chi connectivity index (χ1n) is 7.65. The highest BCUT2D eigenvalue weighted by molar-refractivity contribution is 7.12. The minimum absolute atomic E-state index is 0.177. The van der Waals surface area contributed by atoms with E-state index in [1.165, 1.54) is 25.1 Å². The molecule has 0 aliphatic rings. The van der Waals surface area contributed by atoms with Crippen molar-refractivity contribution in [2.45, 2.75) is 13.0 Å². The van der Waals surface area contributed by atoms with Crippen LogP contribution < -0.4 is 10.6 Å². The van der Waals surface area contributed by atoms with E-state index in [1.54, 1.807) is 29.6 Å². The lowest BCUT2D eigenvalue weighted by Crippen LogP contribution is -2.52. The summed E-state index contributed by atoms with van der Waals surface area (Å²) in [7, 11) is 0. The number of rotatable bonds is 8. The zero-order valence-electron chi connectivity index (χ0n) is 13.9. The average Bonchev–Trinajstić information content (AvgIpc) is 3.18. The minimum Gasteiger partial charge on any atom is -0.342 e. The van der Waals surface area contributed by atoms with Crippen LogP contribution in [0.15, 0.2) is 47.8 Å². The van der Waals surface area contributed by atoms with Gasteiger partial charge in [0.1, 0.15) is 5.78 Å². The van der Waals surface area contributed by atoms with E-state index in [4.69, 9.17) is 0 Å². The number of amides is 2. The maximum atomic E-state index is 12.7. The lowest BCUT2D eigenvalue weighted by Gasteiger charge is -2.16. The fraction of sp³-hybridized carbons (Fsp3) is 0.167. The Morgan fingerprint density at radius 3 is 2.27 bits per heavy atom. The summed E-state index contributed by atoms with van der Waals surface area (Å²) in [6.45, 7) is 0.908. The van der Waals surface area contributed by atoms with Crippen LogP contribution in [-0.2, 0) is 14.4 Å². The zero-order valence-corrected chi connectivity index (χ0v) is 14.7. The van der Waals surface area contributed by atoms with Crippen LogP contribution in [0.5, 0.6) is 0 Å². The van der Waals surface area contributed by atoms with Gasteiger partial charge in [0.05, 0.1) is 11.4 Å². The predicted octanol–water partition coefficient (Wildman–Crippen LogP) is 1.00. The standard InChI is InChI=1S/C18H16N2O5S/c1-11(21)10-19-18(25)16(23)14(15(22)12-6-3-2-4-7-12)20-17(24)13-8-5-9-26-13/h2-9,14H,10H2,1H3,(H,19,25)(H,20,24). The van der Waals surface area contributed by atoms with E-state index in [9.17, 15) is 24.0 Å². The molecule has 1 aromatic heterocycles. The molecule has 0 bridgehead atoms. The van der Waals surface area contributed by atoms with Crippen LogP contribution in [0.25, 0.3) is 0 Å². The number of nitrogens with one attached hydrogen (secondary N) is 2. The fourth-order valence-corrected chi connectivity index (χ4v) is 2.68. The van der Waals surface area contributed by atoms with Gasteiger partial charge in [0.15, 0.2) is 11.8 Å². The predicted molar refractivity (Wildman–Crippen MR) is 95.0 cm³/mol. The second-order valence-electron chi connectivity index (χ2n) is 5.36. The van der Waals surface area contributed by atoms with Crippen molar-refractivity contribution < 1.29 is 24.0 Å². The first-order valence-corrected chi connectivity index (χ1v) is 8.53. The molecule has 1 unspecified atom stereocenters. The van der Waals surface area contributed by atoms with Crippen LogP contribution in [0, 0.1) is 0 Å². The zero-order chi connectivity index (χ0) is 19.1. The van der Waals surface area contributed by atoms with Crippen molar-refractivity contribution >= 4 is 40.5 Å². The molecule has 0 spiro atoms. The lowest BCUT2D eigenvalue weighted by atomic mass is 10.00. The number of ketones is 3. The molecule has 0 fully saturated rings. The summed E-state index contributed by atoms with van der Waals surface area (Å²) >= 11 is 1.13. The average molecular weight is 372 g/mol. The van der Waals surface area contributed by atoms with Gasteiger partial charge in [-0.15, -0.1) is 11.3 Å². The highest BCUT2D eigenvalue weighted by Gasteiger charge is 2.34. The Hall–Kier alpha value is -3.13. The monoisotopic (exact) mass is 372 g/mol. The molecular formula is C18H16N2O5S. The molecule has 0 aliphatic heterocycles. The molecule has 2 rings (SSSR count). The molecule has 0 aliphatic carbocycles. The SMILES string of the molecule is CC(=O)CNC(=O)C(=O)C(NC(=O)c1cccs1)C(=O)c1ccccc1. The lowest BCUT2D eigenvalue weighted by molar-refractivity contribution is -0.138. The summed E-state index contributed by atoms with van der Waals surface area (Å²) < 4.78 is 0. The summed E-state index contributed by atoms with van der Waals surface area (Å²) in [5.74, 6) is -3.94. The Kier molecular flexibility index (Phi) is 6.51. The van der Waals surface area contributed by atoms with Crippen LogP contribution >= 0.6 is 11.3 Å². The molecule has 2 N–H and O–H groups in total. The molecule has 0 saturated heterocycles. The van der Waals surface area contributed by atoms with Crippen LogP contribution in [0.3, 0.4) is 0 Å². The molecule has 26 heavy (non-hydrogen) atoms. The van der Waals surface area contributed by atoms with E-state index in [0.717, 1.165) is 11.3 Å². The van der Waals surface area contributed by atoms with E-state index in [-0.39, 0.29) is 17.9 Å². The van der Waals surface area contributed by atoms with Crippen molar-refractivity contribution in [1.29, 1.82) is 0 Å². The fourth-order valence-electron chi connectivity index (χ4n) is 2.05. The number of hydrogen-bond donors (Lipinski definition) is 2. The topological polar surface area (TPSA) is 109 Å². The third-order valence-corrected chi connectivity index (χ3v) is 4.19. The molecule has 1 heterocycles. The molecule has 7 nitrogen and oxygen atoms in total. The number of benzene rings is 1. The number of carbonyl (C=O) groups excluding carboxylic acids is 5. The van der Waals surface area contributed by atoms with Crippen molar-refractivity contribution in [2.24, 2.45) is 0 Å². The van der Waals surface area contributed by atoms with E-state index in [1.807, 2.05) is 0 Å². The highest BCUT2D eigenvalue weighted by Crippen LogP contribution is 2.10. The Bertz CT molecular complexity index is 831. The van der Waals surface area contributed by atoms with E-state index < -0.39 is 29.4 Å². The van der Waals surface area contributed by atoms with Gasteiger partial charge in [0, 0.05) is 5.56 Å². The molecule has 1 aromatic carbocycles. The number of Topliss-reactive ketones (excluding diaryl/α,β-unsaturated/α-hetero) is 3. The summed E-state index contributed by atoms with van der Waals surface area (Å²) in [4.78, 5) is 60.6. The molecule has 2 aromatic rings. The van der Waals surface area contributed by atoms with Gasteiger partial charge in [-0.2, -0.15) is 0 Å². The smallest absolute Gasteiger partial charge is 0.290 e. The Labute approximate surface area is 153 Å². The van der Waals surface area contributed by atoms with Gasteiger partial charge in [-0.3, -0.25) is 24.0 Å². The van der Waals surface area contributed by atoms with Crippen molar-refractivity contribution in [2.75, 3.05) is 6.54 Å². The Morgan fingerprint density at radius 2 is 1.69 bits per heavy atom. The molecule has 1 atom stereocenters. The molecule has 2 amide bonds. The van der Waals surface area contributed by atoms with Gasteiger partial charge in [-0.05, 0) is 18.4 Å². The van der Waals surface area contributed by atoms with Crippen molar-refractivity contribution in [3.63, 3.8) is 0 Å². The van der Waals surface area contributed by atoms with Gasteiger partial charge in [-0.25, -0.2) is 0 Å². The Balaban J connectivity index is 2.24. The summed E-state index contributed by atoms with van der Waals surface area (Å²) in [5.41, 5.74) is 0.177. The quantitative estimate of drug-likeness (QED) is 0.408. The third kappa shape index (κ3) is 4.93. The van der Waals surface area contributed by atoms with Crippen molar-refractivity contribution in [3.05, 3.63) is 58.3 Å². The molecule has 8 heteroatoms. The van der Waals surface area contributed by atoms with Crippen LogP contribution in [0.2, 0.25) is 0 Å². The molecule has 0 saturated carbocycles. The summed E-state index contributed by atoms with van der Waals surface area (Å²) in [5, 5.41) is 6.12. The van der Waals surface area contributed by atoms with E-state index in [0.29, 0.717) is 4.88 Å². The molecular weight excluding hydrogens is 356 g/mol. The number of carbonyl (C=O) groups is 5. The van der Waals surface area contributed by atoms with Gasteiger partial charge in [-0.1, -0.05) is 36.4 Å². The largest absolute Gasteiger partial charge is 0.342 e. The van der Waals surface area contributed by atoms with Crippen LogP contribution in [0.1, 0.15) is 27.0 Å². The van der Waals surface area contributed by atoms with E-state index in [2.05, 4.69) is 10.6 Å². The Morgan fingerprint density at radius 1 is 1.00 bits per heavy atom. The highest BCUT2D eigenvalue weighted by atomic mass is 32.1. The molecule has 134 valence electrons. The van der Waals surface area contributed by atoms with Crippen molar-refractivity contribution in [1.82, 2.24) is 10.6 Å². The first-order chi connectivity index (χ1) is 12.4. The summed E-state index contributed by atoms with van der Waals surface area (Å²) in [6.07, 6.45) is 0. The summed E-state index contributed by atoms with van der Waals surface area (Å²) in [6, 6.07) is 9.36. The van der Waals surface area contributed by atoms with Gasteiger partial charge in [0.25, 0.3) is 11.8 Å². The third-order valence-electron chi connectivity index (χ3n) is 3.32. The molecule has 0 radical (unpaired) electrons. The maximum absolute atomic E-state index is 12.7. The van der Waals surface area contributed by atoms with Crippen LogP contribution in [-0.4, -0.2) is 41.8 Å². The van der Waals surface area contributed by atoms with Gasteiger partial charge < -0.3 is 10.6 Å². The van der Waals surface area contributed by atoms with Crippen LogP contribution in [0.4, 0.5) is 0 Å². The normalized spacial score (nSPS) is 11.3. The number of thiophene rings is 1. The van der Waals surface area contributed by atoms with E-state index >= 15 is 0 Å². The minimum atomic E-state index is -1.68. The van der Waals surface area contributed by atoms with Crippen molar-refractivity contribution in [3.8, 4) is 0 Å². The second kappa shape index (κ2) is 8.82. The number of hydrogen-bond acceptors (Lipinski definition) is 6. The van der Waals surface area contributed by atoms with Gasteiger partial charge >= 0.3 is 0 Å². The maximum Gasteiger partial charge on any atom is 0.290 e. The first kappa shape index (κ1) is 19.2. The second-order valence-corrected chi connectivity index (χ2v) is 6.31.